The second kappa shape index (κ2) is 4.80. The van der Waals surface area contributed by atoms with Gasteiger partial charge in [-0.2, -0.15) is 0 Å². The smallest absolute Gasteiger partial charge is 0.308 e. The zero-order valence-corrected chi connectivity index (χ0v) is 10.6. The van der Waals surface area contributed by atoms with E-state index < -0.39 is 11.9 Å². The third kappa shape index (κ3) is 2.16. The van der Waals surface area contributed by atoms with E-state index in [9.17, 15) is 9.59 Å². The van der Waals surface area contributed by atoms with Crippen LogP contribution in [0.1, 0.15) is 6.42 Å². The zero-order valence-electron chi connectivity index (χ0n) is 10.6. The highest BCUT2D eigenvalue weighted by Gasteiger charge is 2.35. The number of aliphatic carboxylic acids is 1. The molecule has 6 nitrogen and oxygen atoms in total. The molecule has 2 heterocycles. The number of aromatic amines is 1. The topological polar surface area (TPSA) is 86.3 Å². The second-order valence-electron chi connectivity index (χ2n) is 4.76. The summed E-state index contributed by atoms with van der Waals surface area (Å²) in [5.74, 6) is -1.71. The monoisotopic (exact) mass is 271 g/mol. The van der Waals surface area contributed by atoms with E-state index in [-0.39, 0.29) is 18.9 Å². The van der Waals surface area contributed by atoms with Crippen molar-refractivity contribution < 1.29 is 14.7 Å². The fourth-order valence-electron chi connectivity index (χ4n) is 2.38. The van der Waals surface area contributed by atoms with Gasteiger partial charge < -0.3 is 15.0 Å². The van der Waals surface area contributed by atoms with Gasteiger partial charge in [0, 0.05) is 24.2 Å². The first-order valence-corrected chi connectivity index (χ1v) is 6.27. The van der Waals surface area contributed by atoms with Crippen LogP contribution in [0, 0.1) is 5.92 Å². The minimum absolute atomic E-state index is 0.0591. The first-order valence-electron chi connectivity index (χ1n) is 6.27. The minimum Gasteiger partial charge on any atom is -0.481 e. The van der Waals surface area contributed by atoms with E-state index in [2.05, 4.69) is 9.97 Å². The molecule has 0 aliphatic carbocycles. The second-order valence-corrected chi connectivity index (χ2v) is 4.76. The number of carbonyl (C=O) groups is 2. The molecule has 1 fully saturated rings. The summed E-state index contributed by atoms with van der Waals surface area (Å²) in [7, 11) is 0. The Balaban J connectivity index is 1.90. The molecule has 1 amide bonds. The highest BCUT2D eigenvalue weighted by molar-refractivity contribution is 5.99. The van der Waals surface area contributed by atoms with Crippen molar-refractivity contribution in [1.82, 2.24) is 9.97 Å². The van der Waals surface area contributed by atoms with E-state index in [1.165, 1.54) is 4.90 Å². The number of carbonyl (C=O) groups excluding carboxylic acids is 1. The molecule has 2 aromatic rings. The Morgan fingerprint density at radius 3 is 2.95 bits per heavy atom. The maximum Gasteiger partial charge on any atom is 0.308 e. The molecule has 1 aromatic heterocycles. The summed E-state index contributed by atoms with van der Waals surface area (Å²) in [4.78, 5) is 31.4. The molecule has 3 rings (SSSR count). The van der Waals surface area contributed by atoms with Gasteiger partial charge in [0.05, 0.1) is 24.1 Å². The zero-order chi connectivity index (χ0) is 14.1. The molecule has 0 spiro atoms. The normalized spacial score (nSPS) is 18.5. The van der Waals surface area contributed by atoms with Crippen LogP contribution < -0.4 is 4.90 Å². The van der Waals surface area contributed by atoms with Crippen molar-refractivity contribution in [2.75, 3.05) is 11.4 Å². The first-order chi connectivity index (χ1) is 9.65. The largest absolute Gasteiger partial charge is 0.481 e. The Morgan fingerprint density at radius 2 is 2.30 bits per heavy atom. The number of H-pyrrole nitrogens is 1. The van der Waals surface area contributed by atoms with Gasteiger partial charge in [-0.1, -0.05) is 12.1 Å². The number of nitrogens with zero attached hydrogens (tertiary/aromatic N) is 2. The Bertz CT molecular complexity index is 651. The van der Waals surface area contributed by atoms with Gasteiger partial charge in [0.1, 0.15) is 0 Å². The van der Waals surface area contributed by atoms with Crippen LogP contribution >= 0.6 is 0 Å². The summed E-state index contributed by atoms with van der Waals surface area (Å²) in [6.07, 6.45) is 3.35. The molecule has 2 N–H and O–H groups in total. The number of anilines is 1. The van der Waals surface area contributed by atoms with Crippen molar-refractivity contribution in [2.24, 2.45) is 5.92 Å². The lowest BCUT2D eigenvalue weighted by Crippen LogP contribution is -2.25. The summed E-state index contributed by atoms with van der Waals surface area (Å²) in [5, 5.41) is 9.01. The standard InChI is InChI=1S/C14H13N3O3/c18-13-5-10(14(19)20)7-17(13)11-3-1-2-9(4-11)12-6-15-8-16-12/h1-4,6,8,10H,5,7H2,(H,15,16)(H,19,20). The van der Waals surface area contributed by atoms with Crippen molar-refractivity contribution in [3.8, 4) is 11.3 Å². The molecule has 1 aliphatic rings. The Labute approximate surface area is 115 Å². The molecular weight excluding hydrogens is 258 g/mol. The molecule has 0 radical (unpaired) electrons. The third-order valence-electron chi connectivity index (χ3n) is 3.44. The van der Waals surface area contributed by atoms with Gasteiger partial charge in [-0.15, -0.1) is 0 Å². The van der Waals surface area contributed by atoms with Gasteiger partial charge in [0.15, 0.2) is 0 Å². The summed E-state index contributed by atoms with van der Waals surface area (Å²) in [6.45, 7) is 0.223. The number of nitrogens with one attached hydrogen (secondary N) is 1. The number of amides is 1. The van der Waals surface area contributed by atoms with Gasteiger partial charge >= 0.3 is 5.97 Å². The van der Waals surface area contributed by atoms with Crippen LogP contribution in [-0.2, 0) is 9.59 Å². The van der Waals surface area contributed by atoms with Crippen LogP contribution in [0.2, 0.25) is 0 Å². The van der Waals surface area contributed by atoms with E-state index in [1.807, 2.05) is 24.3 Å². The molecule has 1 unspecified atom stereocenters. The molecule has 102 valence electrons. The van der Waals surface area contributed by atoms with Gasteiger partial charge in [0.25, 0.3) is 0 Å². The van der Waals surface area contributed by atoms with Crippen LogP contribution in [0.4, 0.5) is 5.69 Å². The molecule has 1 atom stereocenters. The van der Waals surface area contributed by atoms with Gasteiger partial charge in [-0.05, 0) is 12.1 Å². The van der Waals surface area contributed by atoms with Crippen LogP contribution in [0.15, 0.2) is 36.8 Å². The van der Waals surface area contributed by atoms with Gasteiger partial charge in [-0.3, -0.25) is 9.59 Å². The number of hydrogen-bond donors (Lipinski definition) is 2. The quantitative estimate of drug-likeness (QED) is 0.886. The van der Waals surface area contributed by atoms with E-state index >= 15 is 0 Å². The Kier molecular flexibility index (Phi) is 2.98. The molecule has 6 heteroatoms. The molecular formula is C14H13N3O3. The lowest BCUT2D eigenvalue weighted by atomic mass is 10.1. The van der Waals surface area contributed by atoms with Gasteiger partial charge in [-0.25, -0.2) is 4.98 Å². The van der Waals surface area contributed by atoms with Crippen molar-refractivity contribution in [2.45, 2.75) is 6.42 Å². The predicted molar refractivity (Wildman–Crippen MR) is 72.1 cm³/mol. The number of carboxylic acids is 1. The van der Waals surface area contributed by atoms with Crippen LogP contribution in [-0.4, -0.2) is 33.5 Å². The number of benzene rings is 1. The summed E-state index contributed by atoms with van der Waals surface area (Å²) in [5.41, 5.74) is 2.48. The summed E-state index contributed by atoms with van der Waals surface area (Å²) < 4.78 is 0. The lowest BCUT2D eigenvalue weighted by molar-refractivity contribution is -0.141. The van der Waals surface area contributed by atoms with Crippen molar-refractivity contribution in [1.29, 1.82) is 0 Å². The highest BCUT2D eigenvalue weighted by Crippen LogP contribution is 2.28. The fraction of sp³-hybridized carbons (Fsp3) is 0.214. The average molecular weight is 271 g/mol. The number of imidazole rings is 1. The number of rotatable bonds is 3. The predicted octanol–water partition coefficient (Wildman–Crippen LogP) is 1.51. The maximum absolute atomic E-state index is 11.9. The SMILES string of the molecule is O=C(O)C1CC(=O)N(c2cccc(-c3cnc[nH]3)c2)C1. The van der Waals surface area contributed by atoms with Crippen LogP contribution in [0.5, 0.6) is 0 Å². The Hall–Kier alpha value is -2.63. The summed E-state index contributed by atoms with van der Waals surface area (Å²) in [6, 6.07) is 7.41. The molecule has 0 bridgehead atoms. The number of carboxylic acid groups (broad SMARTS) is 1. The molecule has 0 saturated carbocycles. The van der Waals surface area contributed by atoms with E-state index in [4.69, 9.17) is 5.11 Å². The Morgan fingerprint density at radius 1 is 1.45 bits per heavy atom. The highest BCUT2D eigenvalue weighted by atomic mass is 16.4. The molecule has 1 aliphatic heterocycles. The van der Waals surface area contributed by atoms with E-state index in [1.54, 1.807) is 12.5 Å². The first kappa shape index (κ1) is 12.4. The van der Waals surface area contributed by atoms with Gasteiger partial charge in [0.2, 0.25) is 5.91 Å². The summed E-state index contributed by atoms with van der Waals surface area (Å²) >= 11 is 0. The molecule has 20 heavy (non-hydrogen) atoms. The molecule has 1 aromatic carbocycles. The van der Waals surface area contributed by atoms with Crippen molar-refractivity contribution in [3.05, 3.63) is 36.8 Å². The minimum atomic E-state index is -0.925. The van der Waals surface area contributed by atoms with Crippen molar-refractivity contribution in [3.63, 3.8) is 0 Å². The third-order valence-corrected chi connectivity index (χ3v) is 3.44. The van der Waals surface area contributed by atoms with E-state index in [0.29, 0.717) is 5.69 Å². The lowest BCUT2D eigenvalue weighted by Gasteiger charge is -2.16. The van der Waals surface area contributed by atoms with Crippen LogP contribution in [0.3, 0.4) is 0 Å². The number of hydrogen-bond acceptors (Lipinski definition) is 3. The van der Waals surface area contributed by atoms with Crippen molar-refractivity contribution >= 4 is 17.6 Å². The van der Waals surface area contributed by atoms with E-state index in [0.717, 1.165) is 11.3 Å². The molecule has 1 saturated heterocycles. The fourth-order valence-corrected chi connectivity index (χ4v) is 2.38. The average Bonchev–Trinajstić information content (AvgIpc) is 3.08. The maximum atomic E-state index is 11.9. The number of aromatic nitrogens is 2. The van der Waals surface area contributed by atoms with Crippen LogP contribution in [0.25, 0.3) is 11.3 Å².